The number of carboxylic acid groups (broad SMARTS) is 1. The molecule has 104 valence electrons. The van der Waals surface area contributed by atoms with Crippen LogP contribution in [0.15, 0.2) is 33.6 Å². The highest BCUT2D eigenvalue weighted by molar-refractivity contribution is 9.10. The average molecular weight is 350 g/mol. The second-order valence-electron chi connectivity index (χ2n) is 4.27. The highest BCUT2D eigenvalue weighted by atomic mass is 79.9. The van der Waals surface area contributed by atoms with E-state index in [9.17, 15) is 18.3 Å². The number of aliphatic hydroxyl groups is 1. The van der Waals surface area contributed by atoms with Gasteiger partial charge < -0.3 is 10.2 Å². The number of aliphatic hydroxyl groups excluding tert-OH is 1. The number of benzene rings is 1. The molecule has 19 heavy (non-hydrogen) atoms. The van der Waals surface area contributed by atoms with E-state index in [1.54, 1.807) is 12.1 Å². The molecule has 1 aliphatic rings. The van der Waals surface area contributed by atoms with E-state index in [2.05, 4.69) is 15.9 Å². The summed E-state index contributed by atoms with van der Waals surface area (Å²) in [6, 6.07) is 4.69. The predicted molar refractivity (Wildman–Crippen MR) is 70.1 cm³/mol. The Morgan fingerprint density at radius 2 is 1.89 bits per heavy atom. The zero-order valence-corrected chi connectivity index (χ0v) is 12.1. The van der Waals surface area contributed by atoms with Crippen molar-refractivity contribution in [3.63, 3.8) is 0 Å². The minimum Gasteiger partial charge on any atom is -0.480 e. The average Bonchev–Trinajstić information content (AvgIpc) is 2.73. The monoisotopic (exact) mass is 349 g/mol. The molecule has 6 nitrogen and oxygen atoms in total. The van der Waals surface area contributed by atoms with Crippen molar-refractivity contribution in [2.45, 2.75) is 23.5 Å². The third kappa shape index (κ3) is 2.81. The number of halogens is 1. The van der Waals surface area contributed by atoms with Gasteiger partial charge in [-0.2, -0.15) is 4.31 Å². The van der Waals surface area contributed by atoms with E-state index in [0.29, 0.717) is 0 Å². The highest BCUT2D eigenvalue weighted by Gasteiger charge is 2.43. The summed E-state index contributed by atoms with van der Waals surface area (Å²) in [5.74, 6) is -1.25. The van der Waals surface area contributed by atoms with Crippen molar-refractivity contribution in [3.05, 3.63) is 28.7 Å². The summed E-state index contributed by atoms with van der Waals surface area (Å²) in [7, 11) is -3.91. The van der Waals surface area contributed by atoms with Crippen molar-refractivity contribution in [2.24, 2.45) is 0 Å². The summed E-state index contributed by atoms with van der Waals surface area (Å²) in [4.78, 5) is 11.1. The zero-order chi connectivity index (χ0) is 14.2. The molecule has 0 aromatic heterocycles. The standard InChI is InChI=1S/C11H12BrNO5S/c12-7-1-3-9(4-2-7)19(17,18)13-6-8(14)5-10(13)11(15)16/h1-4,8,10,14H,5-6H2,(H,15,16)/t8?,10-/m0/s1. The van der Waals surface area contributed by atoms with E-state index >= 15 is 0 Å². The second-order valence-corrected chi connectivity index (χ2v) is 7.08. The van der Waals surface area contributed by atoms with E-state index in [0.717, 1.165) is 8.78 Å². The number of carboxylic acids is 1. The highest BCUT2D eigenvalue weighted by Crippen LogP contribution is 2.27. The number of β-amino-alcohol motifs (C(OH)–C–C–N with tert-alkyl or cyclic N) is 1. The number of carbonyl (C=O) groups is 1. The Labute approximate surface area is 118 Å². The summed E-state index contributed by atoms with van der Waals surface area (Å²) in [5.41, 5.74) is 0. The second kappa shape index (κ2) is 5.20. The SMILES string of the molecule is O=C(O)[C@@H]1CC(O)CN1S(=O)(=O)c1ccc(Br)cc1. The molecule has 0 amide bonds. The molecule has 1 fully saturated rings. The Morgan fingerprint density at radius 1 is 1.32 bits per heavy atom. The fourth-order valence-electron chi connectivity index (χ4n) is 2.02. The zero-order valence-electron chi connectivity index (χ0n) is 9.73. The minimum atomic E-state index is -3.91. The van der Waals surface area contributed by atoms with Crippen LogP contribution in [-0.4, -0.2) is 47.6 Å². The topological polar surface area (TPSA) is 94.9 Å². The van der Waals surface area contributed by atoms with Crippen molar-refractivity contribution >= 4 is 31.9 Å². The fourth-order valence-corrected chi connectivity index (χ4v) is 3.91. The van der Waals surface area contributed by atoms with Crippen LogP contribution in [0.2, 0.25) is 0 Å². The molecule has 0 saturated carbocycles. The van der Waals surface area contributed by atoms with Crippen molar-refractivity contribution in [3.8, 4) is 0 Å². The van der Waals surface area contributed by atoms with Gasteiger partial charge in [0.15, 0.2) is 0 Å². The molecule has 0 aliphatic carbocycles. The molecule has 2 atom stereocenters. The number of aliphatic carboxylic acids is 1. The third-order valence-electron chi connectivity index (χ3n) is 2.94. The van der Waals surface area contributed by atoms with Gasteiger partial charge in [0.05, 0.1) is 11.0 Å². The smallest absolute Gasteiger partial charge is 0.322 e. The van der Waals surface area contributed by atoms with Gasteiger partial charge >= 0.3 is 5.97 Å². The number of hydrogen-bond donors (Lipinski definition) is 2. The lowest BCUT2D eigenvalue weighted by molar-refractivity contribution is -0.140. The summed E-state index contributed by atoms with van der Waals surface area (Å²) in [5, 5.41) is 18.5. The van der Waals surface area contributed by atoms with E-state index < -0.39 is 28.1 Å². The number of sulfonamides is 1. The largest absolute Gasteiger partial charge is 0.480 e. The molecule has 0 bridgehead atoms. The molecule has 2 N–H and O–H groups in total. The van der Waals surface area contributed by atoms with Gasteiger partial charge in [0, 0.05) is 17.4 Å². The van der Waals surface area contributed by atoms with Crippen LogP contribution in [-0.2, 0) is 14.8 Å². The molecular formula is C11H12BrNO5S. The number of rotatable bonds is 3. The molecule has 2 rings (SSSR count). The van der Waals surface area contributed by atoms with Gasteiger partial charge in [-0.15, -0.1) is 0 Å². The van der Waals surface area contributed by atoms with Gasteiger partial charge in [-0.05, 0) is 24.3 Å². The maximum atomic E-state index is 12.3. The van der Waals surface area contributed by atoms with Crippen LogP contribution >= 0.6 is 15.9 Å². The molecule has 1 saturated heterocycles. The molecule has 8 heteroatoms. The van der Waals surface area contributed by atoms with Gasteiger partial charge in [-0.1, -0.05) is 15.9 Å². The van der Waals surface area contributed by atoms with Crippen molar-refractivity contribution in [2.75, 3.05) is 6.54 Å². The Bertz CT molecular complexity index is 586. The van der Waals surface area contributed by atoms with E-state index in [1.165, 1.54) is 12.1 Å². The lowest BCUT2D eigenvalue weighted by Gasteiger charge is -2.20. The van der Waals surface area contributed by atoms with Crippen molar-refractivity contribution in [1.29, 1.82) is 0 Å². The van der Waals surface area contributed by atoms with Gasteiger partial charge in [-0.25, -0.2) is 8.42 Å². The Morgan fingerprint density at radius 3 is 2.42 bits per heavy atom. The maximum Gasteiger partial charge on any atom is 0.322 e. The number of hydrogen-bond acceptors (Lipinski definition) is 4. The summed E-state index contributed by atoms with van der Waals surface area (Å²) in [6.07, 6.45) is -1.04. The first-order chi connectivity index (χ1) is 8.82. The summed E-state index contributed by atoms with van der Waals surface area (Å²) < 4.78 is 26.2. The van der Waals surface area contributed by atoms with Crippen LogP contribution in [0.5, 0.6) is 0 Å². The molecule has 1 aromatic rings. The van der Waals surface area contributed by atoms with Crippen molar-refractivity contribution < 1.29 is 23.4 Å². The van der Waals surface area contributed by atoms with Crippen LogP contribution < -0.4 is 0 Å². The maximum absolute atomic E-state index is 12.3. The Kier molecular flexibility index (Phi) is 3.95. The third-order valence-corrected chi connectivity index (χ3v) is 5.36. The molecule has 1 unspecified atom stereocenters. The van der Waals surface area contributed by atoms with Crippen LogP contribution in [0, 0.1) is 0 Å². The molecule has 0 radical (unpaired) electrons. The first-order valence-corrected chi connectivity index (χ1v) is 7.74. The van der Waals surface area contributed by atoms with Gasteiger partial charge in [0.1, 0.15) is 6.04 Å². The normalized spacial score (nSPS) is 24.5. The van der Waals surface area contributed by atoms with E-state index in [4.69, 9.17) is 5.11 Å². The summed E-state index contributed by atoms with van der Waals surface area (Å²) in [6.45, 7) is -0.199. The first-order valence-electron chi connectivity index (χ1n) is 5.50. The molecular weight excluding hydrogens is 338 g/mol. The molecule has 1 aliphatic heterocycles. The Balaban J connectivity index is 2.38. The number of nitrogens with zero attached hydrogens (tertiary/aromatic N) is 1. The predicted octanol–water partition coefficient (Wildman–Crippen LogP) is 0.658. The van der Waals surface area contributed by atoms with Crippen LogP contribution in [0.25, 0.3) is 0 Å². The van der Waals surface area contributed by atoms with E-state index in [1.807, 2.05) is 0 Å². The minimum absolute atomic E-state index is 0.0102. The van der Waals surface area contributed by atoms with Crippen molar-refractivity contribution in [1.82, 2.24) is 4.31 Å². The van der Waals surface area contributed by atoms with Gasteiger partial charge in [0.2, 0.25) is 10.0 Å². The Hall–Kier alpha value is -0.960. The lowest BCUT2D eigenvalue weighted by atomic mass is 10.2. The van der Waals surface area contributed by atoms with Crippen LogP contribution in [0.3, 0.4) is 0 Å². The quantitative estimate of drug-likeness (QED) is 0.835. The first kappa shape index (κ1) is 14.4. The summed E-state index contributed by atoms with van der Waals surface area (Å²) >= 11 is 3.20. The fraction of sp³-hybridized carbons (Fsp3) is 0.364. The van der Waals surface area contributed by atoms with E-state index in [-0.39, 0.29) is 17.9 Å². The van der Waals surface area contributed by atoms with Gasteiger partial charge in [-0.3, -0.25) is 4.79 Å². The van der Waals surface area contributed by atoms with Crippen LogP contribution in [0.1, 0.15) is 6.42 Å². The molecule has 1 heterocycles. The molecule has 0 spiro atoms. The lowest BCUT2D eigenvalue weighted by Crippen LogP contribution is -2.40. The van der Waals surface area contributed by atoms with Crippen LogP contribution in [0.4, 0.5) is 0 Å². The molecule has 1 aromatic carbocycles. The van der Waals surface area contributed by atoms with Gasteiger partial charge in [0.25, 0.3) is 0 Å².